The first kappa shape index (κ1) is 21.8. The molecule has 1 aliphatic rings. The van der Waals surface area contributed by atoms with E-state index in [9.17, 15) is 10.1 Å². The van der Waals surface area contributed by atoms with E-state index in [1.165, 1.54) is 21.3 Å². The Hall–Kier alpha value is -2.50. The molecule has 28 heavy (non-hydrogen) atoms. The number of benzene rings is 1. The predicted molar refractivity (Wildman–Crippen MR) is 102 cm³/mol. The summed E-state index contributed by atoms with van der Waals surface area (Å²) >= 11 is 0. The monoisotopic (exact) mass is 392 g/mol. The van der Waals surface area contributed by atoms with E-state index in [2.05, 4.69) is 6.07 Å². The van der Waals surface area contributed by atoms with Crippen LogP contribution in [0.3, 0.4) is 0 Å². The van der Waals surface area contributed by atoms with E-state index in [1.54, 1.807) is 19.1 Å². The van der Waals surface area contributed by atoms with Crippen LogP contribution in [0.25, 0.3) is 0 Å². The van der Waals surface area contributed by atoms with E-state index >= 15 is 0 Å². The minimum atomic E-state index is -1.05. The summed E-state index contributed by atoms with van der Waals surface area (Å²) < 4.78 is 26.8. The number of carbonyl (C=O) groups excluding carboxylic acids is 1. The van der Waals surface area contributed by atoms with Crippen LogP contribution in [0.2, 0.25) is 0 Å². The van der Waals surface area contributed by atoms with Crippen molar-refractivity contribution in [1.82, 2.24) is 4.90 Å². The minimum absolute atomic E-state index is 0.120. The van der Waals surface area contributed by atoms with Gasteiger partial charge in [0.15, 0.2) is 11.5 Å². The second kappa shape index (κ2) is 10.2. The number of morpholine rings is 1. The van der Waals surface area contributed by atoms with Crippen molar-refractivity contribution in [2.45, 2.75) is 25.3 Å². The number of nitriles is 1. The molecule has 1 unspecified atom stereocenters. The number of esters is 1. The molecule has 0 N–H and O–H groups in total. The zero-order chi connectivity index (χ0) is 20.6. The normalized spacial score (nSPS) is 16.5. The molecule has 0 amide bonds. The van der Waals surface area contributed by atoms with Crippen LogP contribution in [0.1, 0.15) is 25.3 Å². The lowest BCUT2D eigenvalue weighted by atomic mass is 9.84. The Bertz CT molecular complexity index is 686. The first-order valence-corrected chi connectivity index (χ1v) is 9.26. The maximum Gasteiger partial charge on any atom is 0.305 e. The fourth-order valence-electron chi connectivity index (χ4n) is 3.46. The number of ether oxygens (including phenoxy) is 5. The highest BCUT2D eigenvalue weighted by atomic mass is 16.5. The number of carbonyl (C=O) groups is 1. The lowest BCUT2D eigenvalue weighted by molar-refractivity contribution is -0.144. The third-order valence-corrected chi connectivity index (χ3v) is 4.87. The summed E-state index contributed by atoms with van der Waals surface area (Å²) in [4.78, 5) is 14.1. The fraction of sp³-hybridized carbons (Fsp3) is 0.600. The van der Waals surface area contributed by atoms with Crippen molar-refractivity contribution in [3.8, 4) is 23.3 Å². The molecule has 1 atom stereocenters. The van der Waals surface area contributed by atoms with Gasteiger partial charge in [0, 0.05) is 19.5 Å². The zero-order valence-electron chi connectivity index (χ0n) is 16.9. The number of nitrogens with zero attached hydrogens (tertiary/aromatic N) is 2. The highest BCUT2D eigenvalue weighted by Crippen LogP contribution is 2.44. The van der Waals surface area contributed by atoms with Gasteiger partial charge in [-0.25, -0.2) is 0 Å². The third kappa shape index (κ3) is 4.49. The Kier molecular flexibility index (Phi) is 7.91. The quantitative estimate of drug-likeness (QED) is 0.590. The van der Waals surface area contributed by atoms with Crippen LogP contribution in [0.4, 0.5) is 0 Å². The summed E-state index contributed by atoms with van der Waals surface area (Å²) in [6.45, 7) is 4.26. The van der Waals surface area contributed by atoms with Gasteiger partial charge in [0.05, 0.1) is 47.2 Å². The van der Waals surface area contributed by atoms with Crippen LogP contribution in [0.5, 0.6) is 17.2 Å². The molecule has 154 valence electrons. The number of rotatable bonds is 9. The standard InChI is InChI=1S/C20H28N2O6/c1-5-28-18(23)6-7-20(14-21,22-8-10-27-11-9-22)15-12-16(24-2)19(26-4)17(13-15)25-3/h12-13H,5-11H2,1-4H3. The molecule has 2 rings (SSSR count). The summed E-state index contributed by atoms with van der Waals surface area (Å²) in [5.41, 5.74) is -0.376. The number of hydrogen-bond donors (Lipinski definition) is 0. The van der Waals surface area contributed by atoms with Gasteiger partial charge in [-0.15, -0.1) is 0 Å². The largest absolute Gasteiger partial charge is 0.493 e. The van der Waals surface area contributed by atoms with Gasteiger partial charge in [0.25, 0.3) is 0 Å². The molecule has 0 radical (unpaired) electrons. The Morgan fingerprint density at radius 2 is 1.79 bits per heavy atom. The van der Waals surface area contributed by atoms with Gasteiger partial charge >= 0.3 is 5.97 Å². The van der Waals surface area contributed by atoms with Crippen molar-refractivity contribution >= 4 is 5.97 Å². The molecule has 1 aromatic rings. The number of hydrogen-bond acceptors (Lipinski definition) is 8. The van der Waals surface area contributed by atoms with Crippen LogP contribution >= 0.6 is 0 Å². The smallest absolute Gasteiger partial charge is 0.305 e. The number of methoxy groups -OCH3 is 3. The first-order chi connectivity index (χ1) is 13.6. The molecular weight excluding hydrogens is 364 g/mol. The van der Waals surface area contributed by atoms with Crippen LogP contribution in [-0.2, 0) is 19.8 Å². The maximum absolute atomic E-state index is 12.0. The second-order valence-electron chi connectivity index (χ2n) is 6.29. The first-order valence-electron chi connectivity index (χ1n) is 9.26. The summed E-state index contributed by atoms with van der Waals surface area (Å²) in [5, 5.41) is 10.3. The van der Waals surface area contributed by atoms with E-state index in [4.69, 9.17) is 23.7 Å². The molecule has 8 nitrogen and oxygen atoms in total. The highest BCUT2D eigenvalue weighted by molar-refractivity contribution is 5.69. The third-order valence-electron chi connectivity index (χ3n) is 4.87. The van der Waals surface area contributed by atoms with Crippen LogP contribution in [-0.4, -0.2) is 65.1 Å². The van der Waals surface area contributed by atoms with Gasteiger partial charge in [0.1, 0.15) is 5.54 Å². The van der Waals surface area contributed by atoms with Gasteiger partial charge in [-0.3, -0.25) is 9.69 Å². The molecular formula is C20H28N2O6. The van der Waals surface area contributed by atoms with Gasteiger partial charge < -0.3 is 23.7 Å². The van der Waals surface area contributed by atoms with Crippen molar-refractivity contribution < 1.29 is 28.5 Å². The predicted octanol–water partition coefficient (Wildman–Crippen LogP) is 2.11. The Labute approximate surface area is 165 Å². The van der Waals surface area contributed by atoms with Gasteiger partial charge in [-0.1, -0.05) is 0 Å². The zero-order valence-corrected chi connectivity index (χ0v) is 16.9. The van der Waals surface area contributed by atoms with Crippen molar-refractivity contribution in [3.63, 3.8) is 0 Å². The van der Waals surface area contributed by atoms with E-state index in [1.807, 2.05) is 4.90 Å². The van der Waals surface area contributed by atoms with Crippen LogP contribution < -0.4 is 14.2 Å². The van der Waals surface area contributed by atoms with Crippen LogP contribution in [0.15, 0.2) is 12.1 Å². The average molecular weight is 392 g/mol. The molecule has 1 heterocycles. The average Bonchev–Trinajstić information content (AvgIpc) is 2.74. The molecule has 0 aromatic heterocycles. The lowest BCUT2D eigenvalue weighted by Crippen LogP contribution is -2.51. The van der Waals surface area contributed by atoms with Crippen molar-refractivity contribution in [1.29, 1.82) is 5.26 Å². The fourth-order valence-corrected chi connectivity index (χ4v) is 3.46. The summed E-state index contributed by atoms with van der Waals surface area (Å²) in [7, 11) is 4.59. The lowest BCUT2D eigenvalue weighted by Gasteiger charge is -2.41. The van der Waals surface area contributed by atoms with E-state index in [-0.39, 0.29) is 18.8 Å². The molecule has 0 saturated carbocycles. The molecule has 1 aromatic carbocycles. The van der Waals surface area contributed by atoms with Crippen molar-refractivity contribution in [2.24, 2.45) is 0 Å². The molecule has 0 spiro atoms. The maximum atomic E-state index is 12.0. The van der Waals surface area contributed by atoms with Gasteiger partial charge in [-0.2, -0.15) is 5.26 Å². The Balaban J connectivity index is 2.53. The Morgan fingerprint density at radius 3 is 2.25 bits per heavy atom. The molecule has 0 aliphatic carbocycles. The van der Waals surface area contributed by atoms with E-state index in [0.717, 1.165) is 0 Å². The summed E-state index contributed by atoms with van der Waals surface area (Å²) in [6.07, 6.45) is 0.399. The van der Waals surface area contributed by atoms with E-state index < -0.39 is 5.54 Å². The van der Waals surface area contributed by atoms with Crippen molar-refractivity contribution in [2.75, 3.05) is 54.2 Å². The molecule has 1 aliphatic heterocycles. The van der Waals surface area contributed by atoms with Gasteiger partial charge in [-0.05, 0) is 31.0 Å². The second-order valence-corrected chi connectivity index (χ2v) is 6.29. The molecule has 8 heteroatoms. The van der Waals surface area contributed by atoms with E-state index in [0.29, 0.717) is 55.7 Å². The van der Waals surface area contributed by atoms with Gasteiger partial charge in [0.2, 0.25) is 5.75 Å². The SMILES string of the molecule is CCOC(=O)CCC(C#N)(c1cc(OC)c(OC)c(OC)c1)N1CCOCC1. The molecule has 1 fully saturated rings. The highest BCUT2D eigenvalue weighted by Gasteiger charge is 2.41. The summed E-state index contributed by atoms with van der Waals surface area (Å²) in [5.74, 6) is 1.04. The summed E-state index contributed by atoms with van der Waals surface area (Å²) in [6, 6.07) is 5.99. The minimum Gasteiger partial charge on any atom is -0.493 e. The Morgan fingerprint density at radius 1 is 1.18 bits per heavy atom. The molecule has 1 saturated heterocycles. The van der Waals surface area contributed by atoms with Crippen LogP contribution in [0, 0.1) is 11.3 Å². The topological polar surface area (TPSA) is 90.3 Å². The van der Waals surface area contributed by atoms with Crippen molar-refractivity contribution in [3.05, 3.63) is 17.7 Å². The molecule has 0 bridgehead atoms.